The van der Waals surface area contributed by atoms with Gasteiger partial charge in [-0.3, -0.25) is 4.79 Å². The minimum absolute atomic E-state index is 0.0216. The maximum Gasteiger partial charge on any atom is 0.214 e. The van der Waals surface area contributed by atoms with Crippen molar-refractivity contribution in [3.63, 3.8) is 0 Å². The Morgan fingerprint density at radius 2 is 1.55 bits per heavy atom. The molecule has 0 saturated heterocycles. The van der Waals surface area contributed by atoms with E-state index in [1.165, 1.54) is 0 Å². The van der Waals surface area contributed by atoms with Crippen LogP contribution >= 0.6 is 0 Å². The minimum Gasteiger partial charge on any atom is -0.326 e. The summed E-state index contributed by atoms with van der Waals surface area (Å²) in [5.41, 5.74) is 4.23. The van der Waals surface area contributed by atoms with Gasteiger partial charge in [-0.2, -0.15) is 0 Å². The second-order valence-electron chi connectivity index (χ2n) is 4.93. The largest absolute Gasteiger partial charge is 0.326 e. The number of fused-ring (bicyclic) bond motifs is 3. The van der Waals surface area contributed by atoms with Gasteiger partial charge in [-0.05, 0) is 0 Å². The van der Waals surface area contributed by atoms with E-state index in [9.17, 15) is 4.79 Å². The lowest BCUT2D eigenvalue weighted by Gasteiger charge is -2.06. The van der Waals surface area contributed by atoms with Gasteiger partial charge in [0.05, 0.1) is 5.69 Å². The fourth-order valence-corrected chi connectivity index (χ4v) is 2.83. The molecule has 0 amide bonds. The van der Waals surface area contributed by atoms with Gasteiger partial charge in [0.25, 0.3) is 0 Å². The van der Waals surface area contributed by atoms with Crippen LogP contribution in [0.5, 0.6) is 0 Å². The first-order valence-electron chi connectivity index (χ1n) is 6.53. The highest BCUT2D eigenvalue weighted by Gasteiger charge is 2.32. The second kappa shape index (κ2) is 3.90. The summed E-state index contributed by atoms with van der Waals surface area (Å²) in [5, 5.41) is 0. The van der Waals surface area contributed by atoms with Crippen LogP contribution in [0.15, 0.2) is 54.6 Å². The zero-order valence-corrected chi connectivity index (χ0v) is 11.0. The molecule has 1 aliphatic carbocycles. The normalized spacial score (nSPS) is 12.3. The monoisotopic (exact) mass is 260 g/mol. The molecule has 0 saturated carbocycles. The van der Waals surface area contributed by atoms with Crippen molar-refractivity contribution >= 4 is 5.78 Å². The highest BCUT2D eigenvalue weighted by atomic mass is 16.1. The Labute approximate surface area is 116 Å². The molecular weight excluding hydrogens is 248 g/mol. The summed E-state index contributed by atoms with van der Waals surface area (Å²) >= 11 is 0. The van der Waals surface area contributed by atoms with Crippen molar-refractivity contribution in [2.75, 3.05) is 0 Å². The predicted octanol–water partition coefficient (Wildman–Crippen LogP) is 3.30. The Hall–Kier alpha value is -2.68. The predicted molar refractivity (Wildman–Crippen MR) is 77.5 cm³/mol. The molecule has 3 nitrogen and oxygen atoms in total. The smallest absolute Gasteiger partial charge is 0.214 e. The van der Waals surface area contributed by atoms with Gasteiger partial charge < -0.3 is 4.57 Å². The van der Waals surface area contributed by atoms with Crippen LogP contribution in [0.4, 0.5) is 0 Å². The van der Waals surface area contributed by atoms with Crippen molar-refractivity contribution in [2.24, 2.45) is 7.05 Å². The van der Waals surface area contributed by atoms with E-state index >= 15 is 0 Å². The van der Waals surface area contributed by atoms with E-state index in [1.807, 2.05) is 66.2 Å². The zero-order valence-electron chi connectivity index (χ0n) is 11.0. The van der Waals surface area contributed by atoms with E-state index < -0.39 is 0 Å². The van der Waals surface area contributed by atoms with Crippen LogP contribution in [-0.4, -0.2) is 15.3 Å². The number of hydrogen-bond donors (Lipinski definition) is 0. The number of benzene rings is 2. The summed E-state index contributed by atoms with van der Waals surface area (Å²) in [5.74, 6) is 0.854. The molecule has 2 aromatic carbocycles. The molecule has 0 unspecified atom stereocenters. The van der Waals surface area contributed by atoms with E-state index in [1.54, 1.807) is 0 Å². The van der Waals surface area contributed by atoms with Gasteiger partial charge in [0, 0.05) is 23.7 Å². The van der Waals surface area contributed by atoms with Crippen LogP contribution in [0.25, 0.3) is 22.6 Å². The fourth-order valence-electron chi connectivity index (χ4n) is 2.83. The third kappa shape index (κ3) is 1.35. The van der Waals surface area contributed by atoms with Crippen molar-refractivity contribution in [1.29, 1.82) is 0 Å². The Balaban J connectivity index is 2.00. The standard InChI is InChI=1S/C17H12N2O/c1-19-15-12-9-5-6-10-13(12)16(20)14(15)18-17(19)11-7-3-2-4-8-11/h2-10H,1H3. The van der Waals surface area contributed by atoms with Crippen LogP contribution in [0, 0.1) is 0 Å². The fraction of sp³-hybridized carbons (Fsp3) is 0.0588. The van der Waals surface area contributed by atoms with Crippen molar-refractivity contribution in [2.45, 2.75) is 0 Å². The lowest BCUT2D eigenvalue weighted by molar-refractivity contribution is 0.103. The molecule has 0 N–H and O–H groups in total. The number of imidazole rings is 1. The number of nitrogens with zero attached hydrogens (tertiary/aromatic N) is 2. The molecule has 0 atom stereocenters. The molecule has 3 heteroatoms. The molecule has 0 bridgehead atoms. The topological polar surface area (TPSA) is 34.9 Å². The molecule has 0 fully saturated rings. The molecular formula is C17H12N2O. The van der Waals surface area contributed by atoms with E-state index in [-0.39, 0.29) is 5.78 Å². The molecule has 0 spiro atoms. The zero-order chi connectivity index (χ0) is 13.7. The second-order valence-corrected chi connectivity index (χ2v) is 4.93. The van der Waals surface area contributed by atoms with Crippen LogP contribution in [0.1, 0.15) is 16.1 Å². The van der Waals surface area contributed by atoms with E-state index in [0.717, 1.165) is 28.2 Å². The maximum absolute atomic E-state index is 12.4. The van der Waals surface area contributed by atoms with Crippen molar-refractivity contribution in [3.8, 4) is 22.6 Å². The molecule has 20 heavy (non-hydrogen) atoms. The SMILES string of the molecule is Cn1c(-c2ccccc2)nc2c1-c1ccccc1C2=O. The quantitative estimate of drug-likeness (QED) is 0.526. The minimum atomic E-state index is 0.0216. The summed E-state index contributed by atoms with van der Waals surface area (Å²) in [7, 11) is 1.96. The lowest BCUT2D eigenvalue weighted by Crippen LogP contribution is -1.98. The first-order chi connectivity index (χ1) is 9.77. The third-order valence-corrected chi connectivity index (χ3v) is 3.77. The van der Waals surface area contributed by atoms with Crippen molar-refractivity contribution < 1.29 is 4.79 Å². The first-order valence-corrected chi connectivity index (χ1v) is 6.53. The average molecular weight is 260 g/mol. The Morgan fingerprint density at radius 3 is 2.30 bits per heavy atom. The summed E-state index contributed by atoms with van der Waals surface area (Å²) < 4.78 is 2.01. The van der Waals surface area contributed by atoms with Crippen molar-refractivity contribution in [3.05, 3.63) is 65.9 Å². The number of hydrogen-bond acceptors (Lipinski definition) is 2. The van der Waals surface area contributed by atoms with Gasteiger partial charge in [0.2, 0.25) is 5.78 Å². The summed E-state index contributed by atoms with van der Waals surface area (Å²) in [4.78, 5) is 17.0. The first kappa shape index (κ1) is 11.2. The third-order valence-electron chi connectivity index (χ3n) is 3.77. The Kier molecular flexibility index (Phi) is 2.18. The molecule has 96 valence electrons. The summed E-state index contributed by atoms with van der Waals surface area (Å²) in [6.45, 7) is 0. The maximum atomic E-state index is 12.4. The molecule has 1 heterocycles. The Morgan fingerprint density at radius 1 is 0.900 bits per heavy atom. The number of carbonyl (C=O) groups excluding carboxylic acids is 1. The Bertz CT molecular complexity index is 831. The van der Waals surface area contributed by atoms with Gasteiger partial charge in [-0.15, -0.1) is 0 Å². The number of rotatable bonds is 1. The van der Waals surface area contributed by atoms with Crippen molar-refractivity contribution in [1.82, 2.24) is 9.55 Å². The molecule has 0 radical (unpaired) electrons. The molecule has 3 aromatic rings. The van der Waals surface area contributed by atoms with Gasteiger partial charge >= 0.3 is 0 Å². The van der Waals surface area contributed by atoms with Crippen LogP contribution in [0.2, 0.25) is 0 Å². The van der Waals surface area contributed by atoms with Crippen LogP contribution < -0.4 is 0 Å². The van der Waals surface area contributed by atoms with Gasteiger partial charge in [-0.1, -0.05) is 54.6 Å². The van der Waals surface area contributed by atoms with Gasteiger partial charge in [0.15, 0.2) is 0 Å². The molecule has 1 aliphatic rings. The van der Waals surface area contributed by atoms with E-state index in [2.05, 4.69) is 4.98 Å². The number of aromatic nitrogens is 2. The van der Waals surface area contributed by atoms with Gasteiger partial charge in [0.1, 0.15) is 11.5 Å². The highest BCUT2D eigenvalue weighted by molar-refractivity contribution is 6.20. The average Bonchev–Trinajstić information content (AvgIpc) is 2.98. The molecule has 0 aliphatic heterocycles. The van der Waals surface area contributed by atoms with E-state index in [0.29, 0.717) is 5.69 Å². The summed E-state index contributed by atoms with van der Waals surface area (Å²) in [6, 6.07) is 17.6. The molecule has 1 aromatic heterocycles. The molecule has 4 rings (SSSR count). The number of carbonyl (C=O) groups is 1. The highest BCUT2D eigenvalue weighted by Crippen LogP contribution is 2.38. The van der Waals surface area contributed by atoms with Gasteiger partial charge in [-0.25, -0.2) is 4.98 Å². The summed E-state index contributed by atoms with van der Waals surface area (Å²) in [6.07, 6.45) is 0. The van der Waals surface area contributed by atoms with Crippen LogP contribution in [0.3, 0.4) is 0 Å². The van der Waals surface area contributed by atoms with E-state index in [4.69, 9.17) is 0 Å². The number of ketones is 1. The van der Waals surface area contributed by atoms with Crippen LogP contribution in [-0.2, 0) is 7.05 Å². The lowest BCUT2D eigenvalue weighted by atomic mass is 10.1.